The summed E-state index contributed by atoms with van der Waals surface area (Å²) in [5.74, 6) is 2.79. The molecule has 2 rings (SSSR count). The summed E-state index contributed by atoms with van der Waals surface area (Å²) in [6.45, 7) is 7.26. The van der Waals surface area contributed by atoms with Crippen molar-refractivity contribution in [3.05, 3.63) is 0 Å². The van der Waals surface area contributed by atoms with E-state index in [1.165, 1.54) is 44.9 Å². The number of rotatable bonds is 3. The summed E-state index contributed by atoms with van der Waals surface area (Å²) in [6, 6.07) is 1.63. The molecule has 0 amide bonds. The minimum atomic E-state index is 0.815. The monoisotopic (exact) mass is 223 g/mol. The molecule has 2 saturated carbocycles. The second-order valence-electron chi connectivity index (χ2n) is 6.25. The minimum Gasteiger partial charge on any atom is -0.311 e. The zero-order valence-electron chi connectivity index (χ0n) is 11.3. The molecule has 1 nitrogen and oxygen atoms in total. The highest BCUT2D eigenvalue weighted by Crippen LogP contribution is 2.35. The van der Waals surface area contributed by atoms with E-state index in [0.717, 1.165) is 29.8 Å². The molecule has 0 saturated heterocycles. The van der Waals surface area contributed by atoms with Crippen LogP contribution >= 0.6 is 0 Å². The van der Waals surface area contributed by atoms with E-state index in [2.05, 4.69) is 26.1 Å². The van der Waals surface area contributed by atoms with E-state index in [1.54, 1.807) is 0 Å². The molecule has 94 valence electrons. The van der Waals surface area contributed by atoms with Gasteiger partial charge in [-0.15, -0.1) is 0 Å². The third kappa shape index (κ3) is 2.61. The van der Waals surface area contributed by atoms with Crippen molar-refractivity contribution in [1.29, 1.82) is 0 Å². The molecule has 0 aliphatic heterocycles. The van der Waals surface area contributed by atoms with Crippen molar-refractivity contribution in [2.24, 2.45) is 17.8 Å². The first-order valence-corrected chi connectivity index (χ1v) is 7.48. The van der Waals surface area contributed by atoms with Crippen LogP contribution in [-0.4, -0.2) is 12.1 Å². The largest absolute Gasteiger partial charge is 0.311 e. The van der Waals surface area contributed by atoms with Crippen LogP contribution in [0.5, 0.6) is 0 Å². The van der Waals surface area contributed by atoms with Gasteiger partial charge in [0.05, 0.1) is 0 Å². The van der Waals surface area contributed by atoms with Crippen LogP contribution in [0, 0.1) is 17.8 Å². The van der Waals surface area contributed by atoms with Crippen LogP contribution in [0.25, 0.3) is 0 Å². The fraction of sp³-hybridized carbons (Fsp3) is 1.00. The molecule has 2 fully saturated rings. The van der Waals surface area contributed by atoms with Crippen molar-refractivity contribution in [2.45, 2.75) is 77.8 Å². The van der Waals surface area contributed by atoms with Gasteiger partial charge in [-0.3, -0.25) is 0 Å². The van der Waals surface area contributed by atoms with Crippen molar-refractivity contribution in [3.8, 4) is 0 Å². The molecule has 0 radical (unpaired) electrons. The molecule has 5 unspecified atom stereocenters. The Morgan fingerprint density at radius 3 is 2.31 bits per heavy atom. The fourth-order valence-electron chi connectivity index (χ4n) is 3.90. The zero-order chi connectivity index (χ0) is 11.5. The third-order valence-corrected chi connectivity index (χ3v) is 5.29. The summed E-state index contributed by atoms with van der Waals surface area (Å²) in [7, 11) is 0. The van der Waals surface area contributed by atoms with Crippen LogP contribution in [0.1, 0.15) is 65.7 Å². The summed E-state index contributed by atoms with van der Waals surface area (Å²) in [5, 5.41) is 3.98. The Bertz CT molecular complexity index is 213. The average Bonchev–Trinajstić information content (AvgIpc) is 2.63. The highest BCUT2D eigenvalue weighted by molar-refractivity contribution is 4.90. The van der Waals surface area contributed by atoms with Gasteiger partial charge >= 0.3 is 0 Å². The Balaban J connectivity index is 1.85. The smallest absolute Gasteiger partial charge is 0.00981 e. The maximum absolute atomic E-state index is 3.98. The van der Waals surface area contributed by atoms with Crippen LogP contribution < -0.4 is 5.32 Å². The second-order valence-corrected chi connectivity index (χ2v) is 6.25. The third-order valence-electron chi connectivity index (χ3n) is 5.29. The average molecular weight is 223 g/mol. The molecule has 0 heterocycles. The molecule has 2 aliphatic carbocycles. The Labute approximate surface area is 101 Å². The molecule has 0 spiro atoms. The quantitative estimate of drug-likeness (QED) is 0.763. The Morgan fingerprint density at radius 1 is 0.938 bits per heavy atom. The summed E-state index contributed by atoms with van der Waals surface area (Å²) in [4.78, 5) is 0. The van der Waals surface area contributed by atoms with E-state index in [1.807, 2.05) is 0 Å². The topological polar surface area (TPSA) is 12.0 Å². The van der Waals surface area contributed by atoms with Crippen LogP contribution in [0.3, 0.4) is 0 Å². The lowest BCUT2D eigenvalue weighted by molar-refractivity contribution is 0.232. The van der Waals surface area contributed by atoms with Gasteiger partial charge in [-0.25, -0.2) is 0 Å². The number of nitrogens with one attached hydrogen (secondary N) is 1. The van der Waals surface area contributed by atoms with E-state index in [0.29, 0.717) is 0 Å². The summed E-state index contributed by atoms with van der Waals surface area (Å²) in [6.07, 6.45) is 10.0. The van der Waals surface area contributed by atoms with Gasteiger partial charge in [0.25, 0.3) is 0 Å². The van der Waals surface area contributed by atoms with Crippen molar-refractivity contribution in [3.63, 3.8) is 0 Å². The van der Waals surface area contributed by atoms with E-state index in [-0.39, 0.29) is 0 Å². The predicted octanol–water partition coefficient (Wildman–Crippen LogP) is 3.98. The lowest BCUT2D eigenvalue weighted by atomic mass is 9.84. The molecule has 1 N–H and O–H groups in total. The summed E-state index contributed by atoms with van der Waals surface area (Å²) < 4.78 is 0. The zero-order valence-corrected chi connectivity index (χ0v) is 11.3. The van der Waals surface area contributed by atoms with E-state index < -0.39 is 0 Å². The van der Waals surface area contributed by atoms with Crippen LogP contribution in [0.4, 0.5) is 0 Å². The first-order chi connectivity index (χ1) is 7.72. The number of hydrogen-bond donors (Lipinski definition) is 1. The summed E-state index contributed by atoms with van der Waals surface area (Å²) in [5.41, 5.74) is 0. The van der Waals surface area contributed by atoms with Gasteiger partial charge in [0.1, 0.15) is 0 Å². The molecule has 5 atom stereocenters. The normalized spacial score (nSPS) is 44.8. The molecule has 16 heavy (non-hydrogen) atoms. The molecular weight excluding hydrogens is 194 g/mol. The Morgan fingerprint density at radius 2 is 1.69 bits per heavy atom. The molecule has 0 aromatic carbocycles. The molecule has 0 aromatic rings. The van der Waals surface area contributed by atoms with Gasteiger partial charge in [-0.05, 0) is 43.4 Å². The lowest BCUT2D eigenvalue weighted by Crippen LogP contribution is -2.45. The SMILES string of the molecule is CCC1CCC(NC2CCCCC2C)C1C. The van der Waals surface area contributed by atoms with E-state index >= 15 is 0 Å². The molecule has 2 aliphatic rings. The van der Waals surface area contributed by atoms with Gasteiger partial charge in [0.15, 0.2) is 0 Å². The molecule has 0 bridgehead atoms. The van der Waals surface area contributed by atoms with Gasteiger partial charge in [-0.2, -0.15) is 0 Å². The van der Waals surface area contributed by atoms with Crippen LogP contribution in [-0.2, 0) is 0 Å². The maximum atomic E-state index is 3.98. The fourth-order valence-corrected chi connectivity index (χ4v) is 3.90. The second kappa shape index (κ2) is 5.53. The van der Waals surface area contributed by atoms with E-state index in [4.69, 9.17) is 0 Å². The maximum Gasteiger partial charge on any atom is 0.00981 e. The number of hydrogen-bond acceptors (Lipinski definition) is 1. The van der Waals surface area contributed by atoms with Gasteiger partial charge in [0.2, 0.25) is 0 Å². The van der Waals surface area contributed by atoms with Gasteiger partial charge < -0.3 is 5.32 Å². The summed E-state index contributed by atoms with van der Waals surface area (Å²) >= 11 is 0. The van der Waals surface area contributed by atoms with Gasteiger partial charge in [0, 0.05) is 12.1 Å². The van der Waals surface area contributed by atoms with Crippen LogP contribution in [0.15, 0.2) is 0 Å². The van der Waals surface area contributed by atoms with E-state index in [9.17, 15) is 0 Å². The van der Waals surface area contributed by atoms with Crippen molar-refractivity contribution >= 4 is 0 Å². The highest BCUT2D eigenvalue weighted by atomic mass is 15.0. The van der Waals surface area contributed by atoms with Gasteiger partial charge in [-0.1, -0.05) is 40.0 Å². The van der Waals surface area contributed by atoms with Crippen LogP contribution in [0.2, 0.25) is 0 Å². The molecule has 1 heteroatoms. The molecule has 0 aromatic heterocycles. The molecular formula is C15H29N. The first kappa shape index (κ1) is 12.4. The standard InChI is InChI=1S/C15H29N/c1-4-13-9-10-15(12(13)3)16-14-8-6-5-7-11(14)2/h11-16H,4-10H2,1-3H3. The minimum absolute atomic E-state index is 0.815. The van der Waals surface area contributed by atoms with Crippen molar-refractivity contribution in [2.75, 3.05) is 0 Å². The van der Waals surface area contributed by atoms with Crippen molar-refractivity contribution < 1.29 is 0 Å². The van der Waals surface area contributed by atoms with Crippen molar-refractivity contribution in [1.82, 2.24) is 5.32 Å². The highest BCUT2D eigenvalue weighted by Gasteiger charge is 2.34. The lowest BCUT2D eigenvalue weighted by Gasteiger charge is -2.34. The Hall–Kier alpha value is -0.0400. The predicted molar refractivity (Wildman–Crippen MR) is 70.5 cm³/mol. The Kier molecular flexibility index (Phi) is 4.29. The first-order valence-electron chi connectivity index (χ1n) is 7.48.